The molecule has 2 aromatic carbocycles. The molecule has 0 bridgehead atoms. The van der Waals surface area contributed by atoms with E-state index in [4.69, 9.17) is 5.11 Å². The number of benzene rings is 2. The average molecular weight is 391 g/mol. The minimum atomic E-state index is -3.69. The summed E-state index contributed by atoms with van der Waals surface area (Å²) >= 11 is 0. The first-order valence-corrected chi connectivity index (χ1v) is 10.4. The molecular weight excluding hydrogens is 369 g/mol. The zero-order valence-corrected chi connectivity index (χ0v) is 15.6. The third-order valence-corrected chi connectivity index (χ3v) is 6.47. The van der Waals surface area contributed by atoms with Gasteiger partial charge in [0.05, 0.1) is 11.3 Å². The molecule has 5 nitrogen and oxygen atoms in total. The van der Waals surface area contributed by atoms with Gasteiger partial charge in [-0.05, 0) is 60.6 Å². The summed E-state index contributed by atoms with van der Waals surface area (Å²) in [4.78, 5) is 10.8. The van der Waals surface area contributed by atoms with E-state index in [1.807, 2.05) is 12.1 Å². The fraction of sp³-hybridized carbons (Fsp3) is 0.350. The lowest BCUT2D eigenvalue weighted by molar-refractivity contribution is -0.136. The van der Waals surface area contributed by atoms with Crippen LogP contribution < -0.4 is 4.72 Å². The molecule has 3 rings (SSSR count). The van der Waals surface area contributed by atoms with Gasteiger partial charge in [-0.15, -0.1) is 0 Å². The van der Waals surface area contributed by atoms with Crippen molar-refractivity contribution in [2.24, 2.45) is 5.92 Å². The fourth-order valence-corrected chi connectivity index (χ4v) is 4.93. The maximum atomic E-state index is 13.0. The van der Waals surface area contributed by atoms with E-state index in [0.717, 1.165) is 48.9 Å². The summed E-state index contributed by atoms with van der Waals surface area (Å²) in [6.45, 7) is 0. The Bertz CT molecular complexity index is 895. The third kappa shape index (κ3) is 5.14. The third-order valence-electron chi connectivity index (χ3n) is 4.97. The number of halogens is 1. The number of carboxylic acid groups (broad SMARTS) is 1. The minimum Gasteiger partial charge on any atom is -0.481 e. The van der Waals surface area contributed by atoms with Crippen molar-refractivity contribution < 1.29 is 22.7 Å². The number of hydrogen-bond acceptors (Lipinski definition) is 3. The van der Waals surface area contributed by atoms with Gasteiger partial charge in [-0.1, -0.05) is 30.7 Å². The number of nitrogens with one attached hydrogen (secondary N) is 1. The fourth-order valence-electron chi connectivity index (χ4n) is 3.59. The van der Waals surface area contributed by atoms with Gasteiger partial charge in [-0.25, -0.2) is 17.5 Å². The van der Waals surface area contributed by atoms with Gasteiger partial charge >= 0.3 is 5.97 Å². The van der Waals surface area contributed by atoms with Crippen molar-refractivity contribution in [3.8, 4) is 0 Å². The summed E-state index contributed by atoms with van der Waals surface area (Å²) < 4.78 is 40.9. The van der Waals surface area contributed by atoms with E-state index in [1.165, 1.54) is 12.1 Å². The van der Waals surface area contributed by atoms with Crippen molar-refractivity contribution in [3.05, 3.63) is 65.5 Å². The van der Waals surface area contributed by atoms with Crippen LogP contribution in [0, 0.1) is 11.7 Å². The Hall–Kier alpha value is -2.25. The molecule has 0 amide bonds. The molecule has 2 atom stereocenters. The summed E-state index contributed by atoms with van der Waals surface area (Å²) in [5, 5.41) is 8.83. The zero-order valence-electron chi connectivity index (χ0n) is 14.8. The number of aliphatic carboxylic acids is 1. The Kier molecular flexibility index (Phi) is 5.92. The number of hydrogen-bond donors (Lipinski definition) is 2. The number of rotatable bonds is 7. The molecule has 2 N–H and O–H groups in total. The number of carboxylic acids is 1. The molecule has 0 saturated heterocycles. The molecule has 0 aromatic heterocycles. The summed E-state index contributed by atoms with van der Waals surface area (Å²) in [5.74, 6) is -1.17. The molecule has 1 aliphatic rings. The van der Waals surface area contributed by atoms with Gasteiger partial charge in [0.2, 0.25) is 10.0 Å². The van der Waals surface area contributed by atoms with Gasteiger partial charge in [-0.3, -0.25) is 4.79 Å². The number of sulfonamides is 1. The lowest BCUT2D eigenvalue weighted by Crippen LogP contribution is -2.38. The van der Waals surface area contributed by atoms with Crippen LogP contribution in [-0.4, -0.2) is 25.5 Å². The van der Waals surface area contributed by atoms with Gasteiger partial charge in [-0.2, -0.15) is 0 Å². The maximum absolute atomic E-state index is 13.0. The van der Waals surface area contributed by atoms with Gasteiger partial charge in [0, 0.05) is 6.04 Å². The molecule has 0 heterocycles. The molecule has 27 heavy (non-hydrogen) atoms. The highest BCUT2D eigenvalue weighted by molar-refractivity contribution is 7.89. The monoisotopic (exact) mass is 391 g/mol. The summed E-state index contributed by atoms with van der Waals surface area (Å²) in [6, 6.07) is 12.1. The highest BCUT2D eigenvalue weighted by atomic mass is 32.2. The largest absolute Gasteiger partial charge is 0.481 e. The lowest BCUT2D eigenvalue weighted by atomic mass is 9.94. The predicted octanol–water partition coefficient (Wildman–Crippen LogP) is 3.14. The van der Waals surface area contributed by atoms with Gasteiger partial charge in [0.15, 0.2) is 0 Å². The molecular formula is C20H22FNO4S. The summed E-state index contributed by atoms with van der Waals surface area (Å²) in [7, 11) is -3.69. The van der Waals surface area contributed by atoms with E-state index < -0.39 is 21.8 Å². The first kappa shape index (κ1) is 19.5. The molecule has 0 aliphatic heterocycles. The zero-order chi connectivity index (χ0) is 19.4. The second-order valence-corrected chi connectivity index (χ2v) is 8.68. The topological polar surface area (TPSA) is 83.5 Å². The van der Waals surface area contributed by atoms with Crippen LogP contribution in [0.4, 0.5) is 4.39 Å². The van der Waals surface area contributed by atoms with Crippen LogP contribution in [0.25, 0.3) is 0 Å². The van der Waals surface area contributed by atoms with Gasteiger partial charge in [0.25, 0.3) is 0 Å². The standard InChI is InChI=1S/C20H22FNO4S/c21-17-8-10-18(11-9-17)27(25,26)22-19-3-1-2-16(19)12-14-4-6-15(7-5-14)13-20(23)24/h4-11,16,19,22H,1-3,12-13H2,(H,23,24). The van der Waals surface area contributed by atoms with E-state index in [2.05, 4.69) is 4.72 Å². The Morgan fingerprint density at radius 2 is 1.67 bits per heavy atom. The normalized spacial score (nSPS) is 19.9. The molecule has 2 aromatic rings. The summed E-state index contributed by atoms with van der Waals surface area (Å²) in [6.07, 6.45) is 3.35. The Labute approximate surface area is 158 Å². The van der Waals surface area contributed by atoms with Crippen LogP contribution in [0.3, 0.4) is 0 Å². The van der Waals surface area contributed by atoms with Crippen LogP contribution in [0.2, 0.25) is 0 Å². The number of carbonyl (C=O) groups is 1. The van der Waals surface area contributed by atoms with Crippen molar-refractivity contribution in [2.75, 3.05) is 0 Å². The lowest BCUT2D eigenvalue weighted by Gasteiger charge is -2.21. The first-order chi connectivity index (χ1) is 12.8. The minimum absolute atomic E-state index is 0.0101. The van der Waals surface area contributed by atoms with E-state index in [1.54, 1.807) is 12.1 Å². The first-order valence-electron chi connectivity index (χ1n) is 8.91. The van der Waals surface area contributed by atoms with Crippen LogP contribution >= 0.6 is 0 Å². The van der Waals surface area contributed by atoms with Crippen LogP contribution in [0.5, 0.6) is 0 Å². The summed E-state index contributed by atoms with van der Waals surface area (Å²) in [5.41, 5.74) is 1.80. The molecule has 1 fully saturated rings. The highest BCUT2D eigenvalue weighted by Crippen LogP contribution is 2.30. The highest BCUT2D eigenvalue weighted by Gasteiger charge is 2.31. The van der Waals surface area contributed by atoms with E-state index in [9.17, 15) is 17.6 Å². The Balaban J connectivity index is 1.66. The molecule has 1 aliphatic carbocycles. The van der Waals surface area contributed by atoms with Gasteiger partial charge < -0.3 is 5.11 Å². The van der Waals surface area contributed by atoms with E-state index in [-0.39, 0.29) is 23.3 Å². The second-order valence-electron chi connectivity index (χ2n) is 6.96. The predicted molar refractivity (Wildman–Crippen MR) is 99.3 cm³/mol. The van der Waals surface area contributed by atoms with Crippen molar-refractivity contribution in [1.29, 1.82) is 0 Å². The average Bonchev–Trinajstić information content (AvgIpc) is 3.02. The quantitative estimate of drug-likeness (QED) is 0.760. The maximum Gasteiger partial charge on any atom is 0.307 e. The molecule has 7 heteroatoms. The second kappa shape index (κ2) is 8.19. The smallest absolute Gasteiger partial charge is 0.307 e. The van der Waals surface area contributed by atoms with Crippen LogP contribution in [0.1, 0.15) is 30.4 Å². The van der Waals surface area contributed by atoms with E-state index >= 15 is 0 Å². The molecule has 2 unspecified atom stereocenters. The SMILES string of the molecule is O=C(O)Cc1ccc(CC2CCCC2NS(=O)(=O)c2ccc(F)cc2)cc1. The van der Waals surface area contributed by atoms with Crippen molar-refractivity contribution in [3.63, 3.8) is 0 Å². The van der Waals surface area contributed by atoms with Crippen molar-refractivity contribution in [2.45, 2.75) is 43.0 Å². The van der Waals surface area contributed by atoms with Crippen molar-refractivity contribution >= 4 is 16.0 Å². The molecule has 0 spiro atoms. The van der Waals surface area contributed by atoms with Crippen LogP contribution in [0.15, 0.2) is 53.4 Å². The van der Waals surface area contributed by atoms with Crippen molar-refractivity contribution in [1.82, 2.24) is 4.72 Å². The molecule has 1 saturated carbocycles. The Morgan fingerprint density at radius 1 is 1.04 bits per heavy atom. The Morgan fingerprint density at radius 3 is 2.30 bits per heavy atom. The van der Waals surface area contributed by atoms with E-state index in [0.29, 0.717) is 0 Å². The van der Waals surface area contributed by atoms with Gasteiger partial charge in [0.1, 0.15) is 5.82 Å². The van der Waals surface area contributed by atoms with Crippen LogP contribution in [-0.2, 0) is 27.7 Å². The molecule has 0 radical (unpaired) electrons. The molecule has 144 valence electrons.